The van der Waals surface area contributed by atoms with E-state index in [0.717, 1.165) is 44.8 Å². The first-order valence-corrected chi connectivity index (χ1v) is 18.1. The van der Waals surface area contributed by atoms with E-state index >= 15 is 0 Å². The molecule has 2 nitrogen and oxygen atoms in total. The Hall–Kier alpha value is -4.08. The topological polar surface area (TPSA) is 25.2 Å². The summed E-state index contributed by atoms with van der Waals surface area (Å²) < 4.78 is 6.62. The summed E-state index contributed by atoms with van der Waals surface area (Å²) in [7, 11) is -1.77. The van der Waals surface area contributed by atoms with Crippen LogP contribution < -0.4 is 15.7 Å². The zero-order chi connectivity index (χ0) is 27.6. The van der Waals surface area contributed by atoms with Crippen LogP contribution in [0.3, 0.4) is 0 Å². The first-order valence-electron chi connectivity index (χ1n) is 15.1. The summed E-state index contributed by atoms with van der Waals surface area (Å²) in [6, 6.07) is 38.1. The quantitative estimate of drug-likeness (QED) is 0.221. The number of rotatable bonds is 4. The van der Waals surface area contributed by atoms with Crippen LogP contribution in [0.15, 0.2) is 108 Å². The highest BCUT2D eigenvalue weighted by molar-refractivity contribution is 7.03. The number of nitrogens with one attached hydrogen (secondary N) is 1. The molecule has 202 valence electrons. The molecule has 41 heavy (non-hydrogen) atoms. The Morgan fingerprint density at radius 3 is 2.27 bits per heavy atom. The maximum Gasteiger partial charge on any atom is 0.145 e. The van der Waals surface area contributed by atoms with Crippen molar-refractivity contribution in [2.75, 3.05) is 5.32 Å². The molecule has 1 fully saturated rings. The number of hydrogen-bond acceptors (Lipinski definition) is 2. The molecule has 6 aromatic rings. The van der Waals surface area contributed by atoms with E-state index in [4.69, 9.17) is 4.42 Å². The third-order valence-corrected chi connectivity index (χ3v) is 13.2. The minimum absolute atomic E-state index is 0.717. The second-order valence-electron chi connectivity index (χ2n) is 12.5. The van der Waals surface area contributed by atoms with Crippen LogP contribution >= 0.6 is 0 Å². The normalized spacial score (nSPS) is 16.1. The molecule has 0 saturated heterocycles. The molecule has 2 heterocycles. The molecule has 8 rings (SSSR count). The lowest BCUT2D eigenvalue weighted by Gasteiger charge is -2.22. The second-order valence-corrected chi connectivity index (χ2v) is 16.8. The summed E-state index contributed by atoms with van der Waals surface area (Å²) in [4.78, 5) is 0. The molecule has 0 atom stereocenters. The van der Waals surface area contributed by atoms with Crippen molar-refractivity contribution in [3.63, 3.8) is 0 Å². The van der Waals surface area contributed by atoms with Gasteiger partial charge in [-0.05, 0) is 81.7 Å². The highest BCUT2D eigenvalue weighted by Gasteiger charge is 2.37. The number of furan rings is 1. The van der Waals surface area contributed by atoms with Crippen molar-refractivity contribution in [1.82, 2.24) is 0 Å². The lowest BCUT2D eigenvalue weighted by molar-refractivity contribution is 0.443. The maximum atomic E-state index is 6.62. The summed E-state index contributed by atoms with van der Waals surface area (Å²) in [6.07, 6.45) is 6.76. The van der Waals surface area contributed by atoms with E-state index < -0.39 is 8.07 Å². The number of benzene rings is 5. The Labute approximate surface area is 243 Å². The number of para-hydroxylation sites is 1. The van der Waals surface area contributed by atoms with Gasteiger partial charge in [-0.25, -0.2) is 0 Å². The van der Waals surface area contributed by atoms with E-state index in [1.807, 2.05) is 0 Å². The highest BCUT2D eigenvalue weighted by Crippen LogP contribution is 2.42. The fraction of sp³-hybridized carbons (Fsp3) is 0.211. The first-order chi connectivity index (χ1) is 20.1. The molecule has 1 aliphatic carbocycles. The summed E-state index contributed by atoms with van der Waals surface area (Å²) in [6.45, 7) is 4.95. The van der Waals surface area contributed by atoms with Crippen molar-refractivity contribution < 1.29 is 4.42 Å². The standard InChI is InChI=1S/C38H35NOSi/c1-41(2)35-15-9-7-12-30(35)31-21-18-27(24-36(31)41)29-22-23-33(37-32-13-6-8-14-34(32)40-38(29)37)39-28-19-16-26(17-20-28)25-10-4-3-5-11-25/h6-9,12-25,39H,3-5,10-11H2,1-2H3. The zero-order valence-corrected chi connectivity index (χ0v) is 24.8. The van der Waals surface area contributed by atoms with Crippen LogP contribution in [0.25, 0.3) is 44.2 Å². The van der Waals surface area contributed by atoms with Crippen molar-refractivity contribution in [3.8, 4) is 22.3 Å². The monoisotopic (exact) mass is 549 g/mol. The Morgan fingerprint density at radius 1 is 0.683 bits per heavy atom. The SMILES string of the molecule is C[Si]1(C)c2ccccc2-c2ccc(-c3ccc(Nc4ccc(C5CCCCC5)cc4)c4c3oc3ccccc34)cc21. The van der Waals surface area contributed by atoms with Crippen LogP contribution in [-0.2, 0) is 0 Å². The van der Waals surface area contributed by atoms with Crippen molar-refractivity contribution in [1.29, 1.82) is 0 Å². The van der Waals surface area contributed by atoms with Gasteiger partial charge < -0.3 is 9.73 Å². The van der Waals surface area contributed by atoms with Crippen molar-refractivity contribution in [3.05, 3.63) is 109 Å². The molecule has 0 bridgehead atoms. The Balaban J connectivity index is 1.22. The van der Waals surface area contributed by atoms with E-state index in [2.05, 4.69) is 122 Å². The van der Waals surface area contributed by atoms with Crippen LogP contribution in [0.5, 0.6) is 0 Å². The predicted octanol–water partition coefficient (Wildman–Crippen LogP) is 9.85. The van der Waals surface area contributed by atoms with Gasteiger partial charge >= 0.3 is 0 Å². The van der Waals surface area contributed by atoms with Crippen molar-refractivity contribution >= 4 is 51.8 Å². The molecule has 0 amide bonds. The van der Waals surface area contributed by atoms with Crippen LogP contribution in [0.4, 0.5) is 11.4 Å². The van der Waals surface area contributed by atoms with Crippen LogP contribution in [0, 0.1) is 0 Å². The van der Waals surface area contributed by atoms with E-state index in [0.29, 0.717) is 0 Å². The minimum atomic E-state index is -1.77. The van der Waals surface area contributed by atoms with Crippen molar-refractivity contribution in [2.24, 2.45) is 0 Å². The van der Waals surface area contributed by atoms with Gasteiger partial charge in [-0.2, -0.15) is 0 Å². The van der Waals surface area contributed by atoms with E-state index in [9.17, 15) is 0 Å². The smallest absolute Gasteiger partial charge is 0.145 e. The van der Waals surface area contributed by atoms with Gasteiger partial charge in [0, 0.05) is 16.6 Å². The van der Waals surface area contributed by atoms with Gasteiger partial charge in [-0.1, -0.05) is 105 Å². The van der Waals surface area contributed by atoms with E-state index in [1.165, 1.54) is 64.7 Å². The Bertz CT molecular complexity index is 1920. The molecule has 1 aromatic heterocycles. The molecule has 0 spiro atoms. The van der Waals surface area contributed by atoms with Gasteiger partial charge in [-0.15, -0.1) is 0 Å². The maximum absolute atomic E-state index is 6.62. The Kier molecular flexibility index (Phi) is 5.72. The molecule has 3 heteroatoms. The predicted molar refractivity (Wildman–Crippen MR) is 177 cm³/mol. The van der Waals surface area contributed by atoms with Gasteiger partial charge in [0.1, 0.15) is 19.2 Å². The number of fused-ring (bicyclic) bond motifs is 6. The summed E-state index contributed by atoms with van der Waals surface area (Å²) in [5, 5.41) is 9.09. The molecule has 0 radical (unpaired) electrons. The number of anilines is 2. The van der Waals surface area contributed by atoms with Gasteiger partial charge in [0.2, 0.25) is 0 Å². The molecule has 5 aromatic carbocycles. The minimum Gasteiger partial charge on any atom is -0.455 e. The lowest BCUT2D eigenvalue weighted by Crippen LogP contribution is -2.49. The zero-order valence-electron chi connectivity index (χ0n) is 23.8. The second kappa shape index (κ2) is 9.49. The molecule has 2 aliphatic rings. The summed E-state index contributed by atoms with van der Waals surface area (Å²) in [5.41, 5.74) is 10.7. The molecule has 1 N–H and O–H groups in total. The molecular weight excluding hydrogens is 515 g/mol. The van der Waals surface area contributed by atoms with Crippen LogP contribution in [0.1, 0.15) is 43.6 Å². The van der Waals surface area contributed by atoms with Gasteiger partial charge in [0.05, 0.1) is 11.1 Å². The molecule has 1 saturated carbocycles. The summed E-state index contributed by atoms with van der Waals surface area (Å²) >= 11 is 0. The van der Waals surface area contributed by atoms with E-state index in [1.54, 1.807) is 0 Å². The highest BCUT2D eigenvalue weighted by atomic mass is 28.3. The number of hydrogen-bond donors (Lipinski definition) is 1. The molecule has 0 unspecified atom stereocenters. The Morgan fingerprint density at radius 2 is 1.41 bits per heavy atom. The van der Waals surface area contributed by atoms with Gasteiger partial charge in [0.15, 0.2) is 0 Å². The lowest BCUT2D eigenvalue weighted by atomic mass is 9.84. The third-order valence-electron chi connectivity index (χ3n) is 9.69. The fourth-order valence-electron chi connectivity index (χ4n) is 7.46. The van der Waals surface area contributed by atoms with Crippen molar-refractivity contribution in [2.45, 2.75) is 51.1 Å². The average Bonchev–Trinajstić information content (AvgIpc) is 3.52. The first kappa shape index (κ1) is 24.7. The third kappa shape index (κ3) is 3.98. The molecule has 1 aliphatic heterocycles. The van der Waals surface area contributed by atoms with Gasteiger partial charge in [-0.3, -0.25) is 0 Å². The van der Waals surface area contributed by atoms with Gasteiger partial charge in [0.25, 0.3) is 0 Å². The fourth-order valence-corrected chi connectivity index (χ4v) is 10.6. The van der Waals surface area contributed by atoms with E-state index in [-0.39, 0.29) is 0 Å². The van der Waals surface area contributed by atoms with Crippen LogP contribution in [-0.4, -0.2) is 8.07 Å². The largest absolute Gasteiger partial charge is 0.455 e. The molecular formula is C38H35NOSi. The average molecular weight is 550 g/mol. The van der Waals surface area contributed by atoms with Crippen LogP contribution in [0.2, 0.25) is 13.1 Å². The summed E-state index contributed by atoms with van der Waals surface area (Å²) in [5.74, 6) is 0.717.